The predicted molar refractivity (Wildman–Crippen MR) is 79.5 cm³/mol. The van der Waals surface area contributed by atoms with Crippen molar-refractivity contribution in [2.45, 2.75) is 24.0 Å². The van der Waals surface area contributed by atoms with Crippen LogP contribution in [0.25, 0.3) is 11.0 Å². The highest BCUT2D eigenvalue weighted by atomic mass is 32.2. The molecule has 0 bridgehead atoms. The minimum Gasteiger partial charge on any atom is -0.333 e. The quantitative estimate of drug-likeness (QED) is 0.389. The molecule has 1 aromatic carbocycles. The van der Waals surface area contributed by atoms with E-state index in [4.69, 9.17) is 5.84 Å². The minimum absolute atomic E-state index is 0.635. The number of hydrogen-bond acceptors (Lipinski definition) is 6. The van der Waals surface area contributed by atoms with E-state index in [0.717, 1.165) is 26.8 Å². The van der Waals surface area contributed by atoms with Crippen LogP contribution in [0.2, 0.25) is 0 Å². The number of fused-ring (bicyclic) bond motifs is 1. The maximum atomic E-state index is 5.47. The number of aromatic nitrogens is 4. The first-order valence-corrected chi connectivity index (χ1v) is 6.93. The number of aryl methyl sites for hydroxylation is 1. The summed E-state index contributed by atoms with van der Waals surface area (Å²) in [6.45, 7) is 3.77. The van der Waals surface area contributed by atoms with Gasteiger partial charge in [0.25, 0.3) is 0 Å². The van der Waals surface area contributed by atoms with Crippen LogP contribution in [0, 0.1) is 13.8 Å². The van der Waals surface area contributed by atoms with Crippen molar-refractivity contribution >= 4 is 28.6 Å². The Bertz CT molecular complexity index is 734. The summed E-state index contributed by atoms with van der Waals surface area (Å²) in [5, 5.41) is 1.64. The maximum Gasteiger partial charge on any atom is 0.172 e. The zero-order valence-electron chi connectivity index (χ0n) is 11.1. The molecule has 0 radical (unpaired) electrons. The normalized spacial score (nSPS) is 10.9. The highest BCUT2D eigenvalue weighted by Crippen LogP contribution is 2.30. The van der Waals surface area contributed by atoms with Gasteiger partial charge >= 0.3 is 0 Å². The lowest BCUT2D eigenvalue weighted by atomic mass is 10.3. The molecule has 6 nitrogen and oxygen atoms in total. The van der Waals surface area contributed by atoms with Gasteiger partial charge in [0, 0.05) is 5.56 Å². The number of nitrogens with two attached hydrogens (primary N) is 1. The summed E-state index contributed by atoms with van der Waals surface area (Å²) in [4.78, 5) is 16.5. The van der Waals surface area contributed by atoms with Crippen LogP contribution in [0.5, 0.6) is 0 Å². The van der Waals surface area contributed by atoms with E-state index in [1.807, 2.05) is 38.1 Å². The average Bonchev–Trinajstić information content (AvgIpc) is 2.84. The highest BCUT2D eigenvalue weighted by Gasteiger charge is 2.12. The third-order valence-corrected chi connectivity index (χ3v) is 3.89. The topological polar surface area (TPSA) is 92.5 Å². The Labute approximate surface area is 120 Å². The van der Waals surface area contributed by atoms with Crippen molar-refractivity contribution < 1.29 is 0 Å². The van der Waals surface area contributed by atoms with Crippen LogP contribution in [0.4, 0.5) is 5.82 Å². The summed E-state index contributed by atoms with van der Waals surface area (Å²) >= 11 is 1.47. The zero-order valence-corrected chi connectivity index (χ0v) is 12.0. The molecule has 102 valence electrons. The van der Waals surface area contributed by atoms with Gasteiger partial charge in [-0.1, -0.05) is 12.1 Å². The van der Waals surface area contributed by atoms with E-state index in [2.05, 4.69) is 25.4 Å². The van der Waals surface area contributed by atoms with Crippen LogP contribution < -0.4 is 11.3 Å². The second kappa shape index (κ2) is 5.10. The van der Waals surface area contributed by atoms with Gasteiger partial charge in [0.05, 0.1) is 11.0 Å². The fourth-order valence-electron chi connectivity index (χ4n) is 1.91. The van der Waals surface area contributed by atoms with E-state index in [9.17, 15) is 0 Å². The number of nitrogens with one attached hydrogen (secondary N) is 2. The molecule has 2 heterocycles. The summed E-state index contributed by atoms with van der Waals surface area (Å²) in [6, 6.07) is 7.91. The lowest BCUT2D eigenvalue weighted by molar-refractivity contribution is 0.929. The van der Waals surface area contributed by atoms with E-state index >= 15 is 0 Å². The van der Waals surface area contributed by atoms with Gasteiger partial charge in [0.1, 0.15) is 16.7 Å². The summed E-state index contributed by atoms with van der Waals surface area (Å²) in [5.74, 6) is 6.77. The van der Waals surface area contributed by atoms with Gasteiger partial charge in [-0.3, -0.25) is 0 Å². The number of imidazole rings is 1. The summed E-state index contributed by atoms with van der Waals surface area (Å²) < 4.78 is 0. The van der Waals surface area contributed by atoms with Crippen LogP contribution in [0.3, 0.4) is 0 Å². The van der Waals surface area contributed by atoms with Crippen molar-refractivity contribution in [3.05, 3.63) is 35.7 Å². The van der Waals surface area contributed by atoms with Crippen molar-refractivity contribution in [2.75, 3.05) is 5.43 Å². The molecule has 4 N–H and O–H groups in total. The first-order valence-electron chi connectivity index (χ1n) is 6.12. The van der Waals surface area contributed by atoms with Gasteiger partial charge in [-0.2, -0.15) is 0 Å². The molecule has 3 rings (SSSR count). The minimum atomic E-state index is 0.635. The third kappa shape index (κ3) is 2.33. The number of nitrogens with zero attached hydrogens (tertiary/aromatic N) is 3. The fourth-order valence-corrected chi connectivity index (χ4v) is 2.83. The number of benzene rings is 1. The van der Waals surface area contributed by atoms with Crippen molar-refractivity contribution in [1.29, 1.82) is 0 Å². The molecule has 3 aromatic rings. The summed E-state index contributed by atoms with van der Waals surface area (Å²) in [6.07, 6.45) is 0. The number of H-pyrrole nitrogens is 1. The second-order valence-corrected chi connectivity index (χ2v) is 5.33. The van der Waals surface area contributed by atoms with Crippen LogP contribution in [0.15, 0.2) is 34.4 Å². The molecule has 0 amide bonds. The highest BCUT2D eigenvalue weighted by molar-refractivity contribution is 7.99. The molecule has 0 saturated carbocycles. The number of aromatic amines is 1. The predicted octanol–water partition coefficient (Wildman–Crippen LogP) is 2.41. The average molecular weight is 286 g/mol. The van der Waals surface area contributed by atoms with E-state index in [1.54, 1.807) is 0 Å². The summed E-state index contributed by atoms with van der Waals surface area (Å²) in [5.41, 5.74) is 5.45. The van der Waals surface area contributed by atoms with Crippen molar-refractivity contribution in [1.82, 2.24) is 19.9 Å². The van der Waals surface area contributed by atoms with E-state index in [1.165, 1.54) is 11.8 Å². The van der Waals surface area contributed by atoms with E-state index in [0.29, 0.717) is 11.6 Å². The van der Waals surface area contributed by atoms with E-state index in [-0.39, 0.29) is 0 Å². The molecule has 20 heavy (non-hydrogen) atoms. The van der Waals surface area contributed by atoms with Gasteiger partial charge < -0.3 is 10.4 Å². The van der Waals surface area contributed by atoms with Crippen molar-refractivity contribution in [3.8, 4) is 0 Å². The van der Waals surface area contributed by atoms with Crippen LogP contribution in [-0.2, 0) is 0 Å². The first kappa shape index (κ1) is 12.9. The zero-order chi connectivity index (χ0) is 14.1. The van der Waals surface area contributed by atoms with Gasteiger partial charge in [0.15, 0.2) is 5.16 Å². The number of rotatable bonds is 3. The van der Waals surface area contributed by atoms with Crippen molar-refractivity contribution in [3.63, 3.8) is 0 Å². The molecule has 0 aliphatic rings. The van der Waals surface area contributed by atoms with Gasteiger partial charge in [-0.25, -0.2) is 20.8 Å². The van der Waals surface area contributed by atoms with Gasteiger partial charge in [0.2, 0.25) is 0 Å². The lowest BCUT2D eigenvalue weighted by Gasteiger charge is -2.08. The SMILES string of the molecule is Cc1nc(NN)c(C)c(Sc2nc3ccccc3[nH]2)n1. The molecule has 0 aliphatic carbocycles. The fraction of sp³-hybridized carbons (Fsp3) is 0.154. The Hall–Kier alpha value is -2.12. The monoisotopic (exact) mass is 286 g/mol. The smallest absolute Gasteiger partial charge is 0.172 e. The Balaban J connectivity index is 2.00. The molecular weight excluding hydrogens is 272 g/mol. The molecular formula is C13H14N6S. The Kier molecular flexibility index (Phi) is 3.29. The largest absolute Gasteiger partial charge is 0.333 e. The lowest BCUT2D eigenvalue weighted by Crippen LogP contribution is -2.12. The molecule has 0 atom stereocenters. The Morgan fingerprint density at radius 3 is 2.70 bits per heavy atom. The number of anilines is 1. The Morgan fingerprint density at radius 1 is 1.15 bits per heavy atom. The first-order chi connectivity index (χ1) is 9.67. The number of para-hydroxylation sites is 2. The van der Waals surface area contributed by atoms with Crippen LogP contribution in [0.1, 0.15) is 11.4 Å². The Morgan fingerprint density at radius 2 is 1.95 bits per heavy atom. The summed E-state index contributed by atoms with van der Waals surface area (Å²) in [7, 11) is 0. The van der Waals surface area contributed by atoms with Crippen molar-refractivity contribution in [2.24, 2.45) is 5.84 Å². The number of hydrogen-bond donors (Lipinski definition) is 3. The maximum absolute atomic E-state index is 5.47. The molecule has 0 unspecified atom stereocenters. The molecule has 0 spiro atoms. The molecule has 2 aromatic heterocycles. The van der Waals surface area contributed by atoms with Crippen LogP contribution in [-0.4, -0.2) is 19.9 Å². The number of nitrogen functional groups attached to an aromatic ring is 1. The third-order valence-electron chi connectivity index (χ3n) is 2.91. The second-order valence-electron chi connectivity index (χ2n) is 4.36. The van der Waals surface area contributed by atoms with E-state index < -0.39 is 0 Å². The molecule has 0 fully saturated rings. The van der Waals surface area contributed by atoms with Crippen LogP contribution >= 0.6 is 11.8 Å². The molecule has 7 heteroatoms. The standard InChI is InChI=1S/C13H14N6S/c1-7-11(19-14)15-8(2)16-12(7)20-13-17-9-5-3-4-6-10(9)18-13/h3-6H,14H2,1-2H3,(H,17,18)(H,15,16,19). The van der Waals surface area contributed by atoms with Gasteiger partial charge in [-0.05, 0) is 37.7 Å². The number of hydrazine groups is 1. The molecule has 0 saturated heterocycles. The molecule has 0 aliphatic heterocycles. The van der Waals surface area contributed by atoms with Gasteiger partial charge in [-0.15, -0.1) is 0 Å².